The van der Waals surface area contributed by atoms with Gasteiger partial charge in [-0.3, -0.25) is 4.79 Å². The Balaban J connectivity index is 1.88. The predicted molar refractivity (Wildman–Crippen MR) is 76.4 cm³/mol. The molecular weight excluding hydrogens is 276 g/mol. The van der Waals surface area contributed by atoms with Gasteiger partial charge in [0.1, 0.15) is 18.0 Å². The van der Waals surface area contributed by atoms with Crippen LogP contribution in [0.5, 0.6) is 5.75 Å². The highest BCUT2D eigenvalue weighted by molar-refractivity contribution is 6.30. The summed E-state index contributed by atoms with van der Waals surface area (Å²) < 4.78 is 7.62. The van der Waals surface area contributed by atoms with E-state index in [0.29, 0.717) is 22.9 Å². The van der Waals surface area contributed by atoms with Crippen molar-refractivity contribution in [2.75, 3.05) is 0 Å². The van der Waals surface area contributed by atoms with E-state index in [9.17, 15) is 4.79 Å². The van der Waals surface area contributed by atoms with Gasteiger partial charge in [-0.2, -0.15) is 0 Å². The number of nitrogens with zero attached hydrogens (tertiary/aromatic N) is 2. The Hall–Kier alpha value is -2.33. The first-order valence-electron chi connectivity index (χ1n) is 6.06. The van der Waals surface area contributed by atoms with Crippen molar-refractivity contribution >= 4 is 23.5 Å². The molecule has 0 bridgehead atoms. The van der Waals surface area contributed by atoms with E-state index in [-0.39, 0.29) is 0 Å². The van der Waals surface area contributed by atoms with Crippen molar-refractivity contribution in [1.82, 2.24) is 9.38 Å². The van der Waals surface area contributed by atoms with Gasteiger partial charge in [-0.1, -0.05) is 17.7 Å². The number of imidazole rings is 1. The number of aldehydes is 1. The maximum atomic E-state index is 11.0. The Bertz CT molecular complexity index is 767. The van der Waals surface area contributed by atoms with Gasteiger partial charge in [0.25, 0.3) is 0 Å². The van der Waals surface area contributed by atoms with Crippen LogP contribution in [0.3, 0.4) is 0 Å². The fourth-order valence-electron chi connectivity index (χ4n) is 2.01. The average Bonchev–Trinajstić information content (AvgIpc) is 2.94. The van der Waals surface area contributed by atoms with Crippen LogP contribution in [0.15, 0.2) is 48.9 Å². The number of pyridine rings is 1. The Morgan fingerprint density at radius 1 is 1.30 bits per heavy atom. The van der Waals surface area contributed by atoms with E-state index in [1.165, 1.54) is 0 Å². The van der Waals surface area contributed by atoms with Crippen molar-refractivity contribution < 1.29 is 9.53 Å². The van der Waals surface area contributed by atoms with Crippen LogP contribution in [0.25, 0.3) is 5.65 Å². The lowest BCUT2D eigenvalue weighted by atomic mass is 10.2. The first-order valence-corrected chi connectivity index (χ1v) is 6.44. The van der Waals surface area contributed by atoms with Crippen LogP contribution in [0.4, 0.5) is 0 Å². The van der Waals surface area contributed by atoms with Gasteiger partial charge < -0.3 is 9.14 Å². The third-order valence-electron chi connectivity index (χ3n) is 2.99. The van der Waals surface area contributed by atoms with Crippen LogP contribution in [-0.2, 0) is 6.61 Å². The zero-order chi connectivity index (χ0) is 13.9. The van der Waals surface area contributed by atoms with Crippen molar-refractivity contribution in [3.63, 3.8) is 0 Å². The Kier molecular flexibility index (Phi) is 3.39. The summed E-state index contributed by atoms with van der Waals surface area (Å²) in [5.74, 6) is 0.473. The molecule has 2 aromatic heterocycles. The number of ether oxygens (including phenoxy) is 1. The second-order valence-corrected chi connectivity index (χ2v) is 4.72. The van der Waals surface area contributed by atoms with Crippen LogP contribution in [-0.4, -0.2) is 15.7 Å². The smallest absolute Gasteiger partial charge is 0.153 e. The van der Waals surface area contributed by atoms with Crippen molar-refractivity contribution in [1.29, 1.82) is 0 Å². The molecule has 0 radical (unpaired) electrons. The topological polar surface area (TPSA) is 43.6 Å². The van der Waals surface area contributed by atoms with E-state index in [1.54, 1.807) is 24.4 Å². The fourth-order valence-corrected chi connectivity index (χ4v) is 2.17. The highest BCUT2D eigenvalue weighted by atomic mass is 35.5. The van der Waals surface area contributed by atoms with Crippen molar-refractivity contribution in [2.45, 2.75) is 6.61 Å². The predicted octanol–water partition coefficient (Wildman–Crippen LogP) is 3.38. The molecule has 0 aliphatic heterocycles. The largest absolute Gasteiger partial charge is 0.488 e. The molecule has 0 aliphatic carbocycles. The molecule has 4 nitrogen and oxygen atoms in total. The third-order valence-corrected chi connectivity index (χ3v) is 3.22. The summed E-state index contributed by atoms with van der Waals surface area (Å²) in [7, 11) is 0. The highest BCUT2D eigenvalue weighted by Gasteiger charge is 2.07. The lowest BCUT2D eigenvalue weighted by Crippen LogP contribution is -2.00. The molecule has 5 heteroatoms. The molecule has 3 rings (SSSR count). The molecule has 20 heavy (non-hydrogen) atoms. The molecule has 0 atom stereocenters. The van der Waals surface area contributed by atoms with E-state index >= 15 is 0 Å². The number of benzene rings is 1. The number of carbonyl (C=O) groups excluding carboxylic acids is 1. The quantitative estimate of drug-likeness (QED) is 0.691. The molecule has 0 spiro atoms. The molecule has 2 heterocycles. The van der Waals surface area contributed by atoms with Gasteiger partial charge in [0.05, 0.1) is 5.56 Å². The minimum atomic E-state index is 0.322. The fraction of sp³-hybridized carbons (Fsp3) is 0.0667. The van der Waals surface area contributed by atoms with Crippen LogP contribution < -0.4 is 4.74 Å². The molecule has 3 aromatic rings. The summed E-state index contributed by atoms with van der Waals surface area (Å²) in [6, 6.07) is 8.80. The van der Waals surface area contributed by atoms with E-state index in [4.69, 9.17) is 16.3 Å². The second-order valence-electron chi connectivity index (χ2n) is 4.28. The first-order chi connectivity index (χ1) is 9.78. The number of hydrogen-bond donors (Lipinski definition) is 0. The molecule has 0 unspecified atom stereocenters. The van der Waals surface area contributed by atoms with E-state index in [1.807, 2.05) is 28.9 Å². The minimum absolute atomic E-state index is 0.322. The van der Waals surface area contributed by atoms with Crippen molar-refractivity contribution in [3.8, 4) is 5.75 Å². The summed E-state index contributed by atoms with van der Waals surface area (Å²) in [5, 5.41) is 0.532. The normalized spacial score (nSPS) is 10.7. The second kappa shape index (κ2) is 5.35. The Morgan fingerprint density at radius 2 is 2.20 bits per heavy atom. The van der Waals surface area contributed by atoms with Crippen LogP contribution in [0.1, 0.15) is 15.9 Å². The number of fused-ring (bicyclic) bond motifs is 1. The lowest BCUT2D eigenvalue weighted by Gasteiger charge is -2.09. The molecule has 0 saturated heterocycles. The molecule has 0 amide bonds. The van der Waals surface area contributed by atoms with E-state index in [2.05, 4.69) is 4.98 Å². The van der Waals surface area contributed by atoms with Gasteiger partial charge in [0.15, 0.2) is 6.29 Å². The summed E-state index contributed by atoms with van der Waals surface area (Å²) >= 11 is 5.92. The summed E-state index contributed by atoms with van der Waals surface area (Å²) in [5.41, 5.74) is 2.25. The summed E-state index contributed by atoms with van der Waals surface area (Å²) in [4.78, 5) is 15.3. The minimum Gasteiger partial charge on any atom is -0.488 e. The van der Waals surface area contributed by atoms with Crippen molar-refractivity contribution in [2.24, 2.45) is 0 Å². The zero-order valence-corrected chi connectivity index (χ0v) is 11.2. The summed E-state index contributed by atoms with van der Waals surface area (Å²) in [6.45, 7) is 0.322. The number of aromatic nitrogens is 2. The van der Waals surface area contributed by atoms with Crippen molar-refractivity contribution in [3.05, 3.63) is 65.1 Å². The van der Waals surface area contributed by atoms with Crippen LogP contribution in [0, 0.1) is 0 Å². The molecule has 0 N–H and O–H groups in total. The first kappa shape index (κ1) is 12.7. The van der Waals surface area contributed by atoms with Gasteiger partial charge in [-0.05, 0) is 24.3 Å². The molecular formula is C15H11ClN2O2. The molecule has 0 fully saturated rings. The van der Waals surface area contributed by atoms with Gasteiger partial charge >= 0.3 is 0 Å². The van der Waals surface area contributed by atoms with E-state index < -0.39 is 0 Å². The number of hydrogen-bond acceptors (Lipinski definition) is 3. The van der Waals surface area contributed by atoms with Gasteiger partial charge in [0, 0.05) is 29.2 Å². The number of carbonyl (C=O) groups is 1. The van der Waals surface area contributed by atoms with Gasteiger partial charge in [-0.15, -0.1) is 0 Å². The lowest BCUT2D eigenvalue weighted by molar-refractivity contribution is 0.111. The number of rotatable bonds is 4. The Labute approximate surface area is 120 Å². The SMILES string of the molecule is O=Cc1ccc(Cl)cc1OCc1cccn2ccnc12. The monoisotopic (exact) mass is 286 g/mol. The maximum Gasteiger partial charge on any atom is 0.153 e. The van der Waals surface area contributed by atoms with E-state index in [0.717, 1.165) is 17.5 Å². The van der Waals surface area contributed by atoms with Crippen LogP contribution >= 0.6 is 11.6 Å². The summed E-state index contributed by atoms with van der Waals surface area (Å²) in [6.07, 6.45) is 6.27. The molecule has 100 valence electrons. The third kappa shape index (κ3) is 2.38. The standard InChI is InChI=1S/C15H11ClN2O2/c16-13-4-3-11(9-19)14(8-13)20-10-12-2-1-6-18-7-5-17-15(12)18/h1-9H,10H2. The maximum absolute atomic E-state index is 11.0. The van der Waals surface area contributed by atoms with Gasteiger partial charge in [0.2, 0.25) is 0 Å². The molecule has 0 aliphatic rings. The molecule has 0 saturated carbocycles. The molecule has 1 aromatic carbocycles. The average molecular weight is 287 g/mol. The Morgan fingerprint density at radius 3 is 3.05 bits per heavy atom. The highest BCUT2D eigenvalue weighted by Crippen LogP contribution is 2.23. The van der Waals surface area contributed by atoms with Gasteiger partial charge in [-0.25, -0.2) is 4.98 Å². The number of halogens is 1. The zero-order valence-electron chi connectivity index (χ0n) is 10.5. The van der Waals surface area contributed by atoms with Crippen LogP contribution in [0.2, 0.25) is 5.02 Å².